The van der Waals surface area contributed by atoms with Crippen LogP contribution in [0.15, 0.2) is 35.6 Å². The number of carbonyl (C=O) groups excluding carboxylic acids is 2. The number of hydrogen-bond acceptors (Lipinski definition) is 3. The van der Waals surface area contributed by atoms with E-state index in [1.54, 1.807) is 4.90 Å². The van der Waals surface area contributed by atoms with Crippen LogP contribution in [0.25, 0.3) is 0 Å². The smallest absolute Gasteiger partial charge is 0.290 e. The summed E-state index contributed by atoms with van der Waals surface area (Å²) >= 11 is 0. The highest BCUT2D eigenvalue weighted by atomic mass is 16.3. The van der Waals surface area contributed by atoms with Gasteiger partial charge in [0.15, 0.2) is 11.5 Å². The molecule has 0 spiro atoms. The number of aryl methyl sites for hydroxylation is 1. The van der Waals surface area contributed by atoms with Crippen LogP contribution in [0.4, 0.5) is 0 Å². The van der Waals surface area contributed by atoms with Crippen molar-refractivity contribution in [2.45, 2.75) is 71.4 Å². The highest BCUT2D eigenvalue weighted by Gasteiger charge is 2.46. The molecule has 1 heterocycles. The lowest BCUT2D eigenvalue weighted by Gasteiger charge is -2.37. The Bertz CT molecular complexity index is 729. The number of benzene rings is 1. The first-order chi connectivity index (χ1) is 12.4. The Hall–Kier alpha value is -2.10. The van der Waals surface area contributed by atoms with Gasteiger partial charge in [0, 0.05) is 12.5 Å². The standard InChI is InChI=1S/C22H29NO3/c1-14(2)13-18(24)19-20(17-12-8-7-9-15(17)3)23(22(26)21(19)25)16-10-5-4-6-11-16/h7-9,12,14,16,20,25H,4-6,10-11,13H2,1-3H3. The predicted molar refractivity (Wildman–Crippen MR) is 102 cm³/mol. The van der Waals surface area contributed by atoms with Gasteiger partial charge in [-0.05, 0) is 36.8 Å². The van der Waals surface area contributed by atoms with Crippen LogP contribution in [-0.2, 0) is 9.59 Å². The Balaban J connectivity index is 2.07. The van der Waals surface area contributed by atoms with E-state index >= 15 is 0 Å². The number of rotatable bonds is 5. The zero-order chi connectivity index (χ0) is 18.8. The number of Topliss-reactive ketones (excluding diaryl/α,β-unsaturated/α-hetero) is 1. The summed E-state index contributed by atoms with van der Waals surface area (Å²) in [4.78, 5) is 27.7. The molecule has 1 aliphatic heterocycles. The summed E-state index contributed by atoms with van der Waals surface area (Å²) in [7, 11) is 0. The minimum absolute atomic E-state index is 0.0901. The van der Waals surface area contributed by atoms with Crippen molar-refractivity contribution in [2.75, 3.05) is 0 Å². The van der Waals surface area contributed by atoms with Crippen molar-refractivity contribution in [3.05, 3.63) is 46.7 Å². The van der Waals surface area contributed by atoms with Gasteiger partial charge < -0.3 is 10.0 Å². The van der Waals surface area contributed by atoms with Crippen LogP contribution in [0.1, 0.15) is 69.5 Å². The molecule has 1 aliphatic carbocycles. The average Bonchev–Trinajstić information content (AvgIpc) is 2.87. The molecule has 26 heavy (non-hydrogen) atoms. The van der Waals surface area contributed by atoms with E-state index < -0.39 is 6.04 Å². The lowest BCUT2D eigenvalue weighted by molar-refractivity contribution is -0.132. The molecular formula is C22H29NO3. The molecule has 0 aromatic heterocycles. The van der Waals surface area contributed by atoms with Gasteiger partial charge in [-0.15, -0.1) is 0 Å². The van der Waals surface area contributed by atoms with Crippen molar-refractivity contribution < 1.29 is 14.7 Å². The van der Waals surface area contributed by atoms with Crippen molar-refractivity contribution in [2.24, 2.45) is 5.92 Å². The second kappa shape index (κ2) is 7.65. The molecule has 2 aliphatic rings. The molecular weight excluding hydrogens is 326 g/mol. The number of amides is 1. The monoisotopic (exact) mass is 355 g/mol. The molecule has 0 saturated heterocycles. The number of ketones is 1. The fourth-order valence-electron chi connectivity index (χ4n) is 4.32. The summed E-state index contributed by atoms with van der Waals surface area (Å²) in [5.74, 6) is -0.650. The Labute approximate surface area is 155 Å². The number of hydrogen-bond donors (Lipinski definition) is 1. The first-order valence-corrected chi connectivity index (χ1v) is 9.76. The zero-order valence-corrected chi connectivity index (χ0v) is 16.0. The highest BCUT2D eigenvalue weighted by Crippen LogP contribution is 2.43. The average molecular weight is 355 g/mol. The van der Waals surface area contributed by atoms with Crippen molar-refractivity contribution >= 4 is 11.7 Å². The van der Waals surface area contributed by atoms with Gasteiger partial charge >= 0.3 is 0 Å². The summed E-state index contributed by atoms with van der Waals surface area (Å²) < 4.78 is 0. The predicted octanol–water partition coefficient (Wildman–Crippen LogP) is 4.64. The van der Waals surface area contributed by atoms with E-state index in [-0.39, 0.29) is 29.4 Å². The lowest BCUT2D eigenvalue weighted by Crippen LogP contribution is -2.41. The molecule has 1 unspecified atom stereocenters. The van der Waals surface area contributed by atoms with Crippen LogP contribution in [0.2, 0.25) is 0 Å². The Morgan fingerprint density at radius 1 is 1.19 bits per heavy atom. The molecule has 4 nitrogen and oxygen atoms in total. The summed E-state index contributed by atoms with van der Waals surface area (Å²) in [5, 5.41) is 10.6. The van der Waals surface area contributed by atoms with Gasteiger partial charge in [-0.2, -0.15) is 0 Å². The summed E-state index contributed by atoms with van der Waals surface area (Å²) in [5.41, 5.74) is 2.28. The maximum absolute atomic E-state index is 13.0. The summed E-state index contributed by atoms with van der Waals surface area (Å²) in [6.45, 7) is 5.96. The van der Waals surface area contributed by atoms with Gasteiger partial charge in [-0.25, -0.2) is 0 Å². The molecule has 1 aromatic rings. The molecule has 1 aromatic carbocycles. The minimum Gasteiger partial charge on any atom is -0.503 e. The van der Waals surface area contributed by atoms with Crippen molar-refractivity contribution in [3.8, 4) is 0 Å². The minimum atomic E-state index is -0.460. The largest absolute Gasteiger partial charge is 0.503 e. The first kappa shape index (κ1) is 18.7. The molecule has 1 atom stereocenters. The van der Waals surface area contributed by atoms with Gasteiger partial charge in [0.25, 0.3) is 5.91 Å². The van der Waals surface area contributed by atoms with Crippen LogP contribution in [0.5, 0.6) is 0 Å². The Morgan fingerprint density at radius 2 is 1.85 bits per heavy atom. The van der Waals surface area contributed by atoms with Gasteiger partial charge in [0.05, 0.1) is 11.6 Å². The quantitative estimate of drug-likeness (QED) is 0.837. The van der Waals surface area contributed by atoms with Gasteiger partial charge in [-0.3, -0.25) is 9.59 Å². The highest BCUT2D eigenvalue weighted by molar-refractivity contribution is 6.09. The second-order valence-electron chi connectivity index (χ2n) is 8.05. The summed E-state index contributed by atoms with van der Waals surface area (Å²) in [6, 6.07) is 7.50. The van der Waals surface area contributed by atoms with Gasteiger partial charge in [-0.1, -0.05) is 57.4 Å². The third kappa shape index (κ3) is 3.42. The maximum atomic E-state index is 13.0. The van der Waals surface area contributed by atoms with E-state index in [4.69, 9.17) is 0 Å². The molecule has 1 fully saturated rings. The molecule has 0 bridgehead atoms. The van der Waals surface area contributed by atoms with E-state index in [9.17, 15) is 14.7 Å². The van der Waals surface area contributed by atoms with E-state index in [0.717, 1.165) is 36.8 Å². The van der Waals surface area contributed by atoms with Crippen LogP contribution in [0.3, 0.4) is 0 Å². The van der Waals surface area contributed by atoms with Crippen molar-refractivity contribution in [1.29, 1.82) is 0 Å². The van der Waals surface area contributed by atoms with Crippen molar-refractivity contribution in [3.63, 3.8) is 0 Å². The number of nitrogens with zero attached hydrogens (tertiary/aromatic N) is 1. The molecule has 1 amide bonds. The third-order valence-corrected chi connectivity index (χ3v) is 5.59. The molecule has 4 heteroatoms. The van der Waals surface area contributed by atoms with Crippen LogP contribution in [-0.4, -0.2) is 27.7 Å². The Kier molecular flexibility index (Phi) is 5.49. The van der Waals surface area contributed by atoms with Crippen LogP contribution >= 0.6 is 0 Å². The number of aliphatic hydroxyl groups is 1. The molecule has 3 rings (SSSR count). The van der Waals surface area contributed by atoms with E-state index in [2.05, 4.69) is 0 Å². The van der Waals surface area contributed by atoms with E-state index in [0.29, 0.717) is 12.0 Å². The summed E-state index contributed by atoms with van der Waals surface area (Å²) in [6.07, 6.45) is 5.58. The van der Waals surface area contributed by atoms with Gasteiger partial charge in [0.1, 0.15) is 0 Å². The normalized spacial score (nSPS) is 21.8. The van der Waals surface area contributed by atoms with Crippen molar-refractivity contribution in [1.82, 2.24) is 4.90 Å². The molecule has 0 radical (unpaired) electrons. The number of carbonyl (C=O) groups is 2. The fraction of sp³-hybridized carbons (Fsp3) is 0.545. The SMILES string of the molecule is Cc1ccccc1C1C(C(=O)CC(C)C)=C(O)C(=O)N1C1CCCCC1. The molecule has 1 saturated carbocycles. The molecule has 140 valence electrons. The zero-order valence-electron chi connectivity index (χ0n) is 16.0. The van der Waals surface area contributed by atoms with Crippen LogP contribution < -0.4 is 0 Å². The fourth-order valence-corrected chi connectivity index (χ4v) is 4.32. The Morgan fingerprint density at radius 3 is 2.46 bits per heavy atom. The molecule has 1 N–H and O–H groups in total. The third-order valence-electron chi connectivity index (χ3n) is 5.59. The first-order valence-electron chi connectivity index (χ1n) is 9.76. The maximum Gasteiger partial charge on any atom is 0.290 e. The van der Waals surface area contributed by atoms with E-state index in [1.807, 2.05) is 45.0 Å². The van der Waals surface area contributed by atoms with E-state index in [1.165, 1.54) is 6.42 Å². The topological polar surface area (TPSA) is 57.6 Å². The van der Waals surface area contributed by atoms with Gasteiger partial charge in [0.2, 0.25) is 0 Å². The van der Waals surface area contributed by atoms with Crippen LogP contribution in [0, 0.1) is 12.8 Å². The lowest BCUT2D eigenvalue weighted by atomic mass is 9.87. The second-order valence-corrected chi connectivity index (χ2v) is 8.05. The number of aliphatic hydroxyl groups excluding tert-OH is 1.